The highest BCUT2D eigenvalue weighted by Crippen LogP contribution is 2.12. The summed E-state index contributed by atoms with van der Waals surface area (Å²) in [7, 11) is 4.03. The number of aromatic nitrogens is 2. The molecule has 0 spiro atoms. The molecule has 17 heavy (non-hydrogen) atoms. The van der Waals surface area contributed by atoms with Crippen LogP contribution in [-0.2, 0) is 13.5 Å². The summed E-state index contributed by atoms with van der Waals surface area (Å²) >= 11 is 2.05. The Balaban J connectivity index is 2.22. The molecule has 1 heterocycles. The van der Waals surface area contributed by atoms with Crippen LogP contribution < -0.4 is 5.32 Å². The maximum absolute atomic E-state index is 4.20. The van der Waals surface area contributed by atoms with Crippen LogP contribution in [0.3, 0.4) is 0 Å². The summed E-state index contributed by atoms with van der Waals surface area (Å²) in [6.07, 6.45) is 6.37. The molecule has 0 saturated carbocycles. The Morgan fingerprint density at radius 2 is 2.18 bits per heavy atom. The molecule has 0 aromatic carbocycles. The van der Waals surface area contributed by atoms with Crippen LogP contribution in [0.5, 0.6) is 0 Å². The molecule has 0 aliphatic heterocycles. The van der Waals surface area contributed by atoms with E-state index in [1.165, 1.54) is 23.5 Å². The Morgan fingerprint density at radius 3 is 2.71 bits per heavy atom. The van der Waals surface area contributed by atoms with Crippen molar-refractivity contribution in [3.05, 3.63) is 18.0 Å². The van der Waals surface area contributed by atoms with Gasteiger partial charge in [-0.25, -0.2) is 0 Å². The number of nitrogens with zero attached hydrogens (tertiary/aromatic N) is 2. The third kappa shape index (κ3) is 6.13. The van der Waals surface area contributed by atoms with Crippen molar-refractivity contribution in [2.45, 2.75) is 32.7 Å². The second kappa shape index (κ2) is 7.77. The van der Waals surface area contributed by atoms with E-state index in [9.17, 15) is 0 Å². The highest BCUT2D eigenvalue weighted by molar-refractivity contribution is 7.99. The fraction of sp³-hybridized carbons (Fsp3) is 0.769. The molecule has 1 atom stereocenters. The van der Waals surface area contributed by atoms with Crippen molar-refractivity contribution in [2.75, 3.05) is 18.6 Å². The molecule has 1 rings (SSSR count). The van der Waals surface area contributed by atoms with Gasteiger partial charge in [-0.3, -0.25) is 4.68 Å². The Morgan fingerprint density at radius 1 is 1.41 bits per heavy atom. The van der Waals surface area contributed by atoms with Crippen LogP contribution in [0.1, 0.15) is 25.8 Å². The van der Waals surface area contributed by atoms with Gasteiger partial charge in [-0.1, -0.05) is 13.8 Å². The highest BCUT2D eigenvalue weighted by Gasteiger charge is 2.07. The van der Waals surface area contributed by atoms with Crippen LogP contribution >= 0.6 is 11.8 Å². The number of thioether (sulfide) groups is 1. The third-order valence-corrected chi connectivity index (χ3v) is 4.26. The van der Waals surface area contributed by atoms with Crippen LogP contribution in [0.4, 0.5) is 0 Å². The molecule has 4 heteroatoms. The molecule has 3 nitrogen and oxygen atoms in total. The fourth-order valence-corrected chi connectivity index (χ4v) is 2.92. The molecule has 98 valence electrons. The van der Waals surface area contributed by atoms with Crippen molar-refractivity contribution >= 4 is 11.8 Å². The van der Waals surface area contributed by atoms with Gasteiger partial charge in [0.05, 0.1) is 6.20 Å². The monoisotopic (exact) mass is 255 g/mol. The first-order chi connectivity index (χ1) is 8.11. The minimum atomic E-state index is 0.610. The van der Waals surface area contributed by atoms with Gasteiger partial charge in [-0.15, -0.1) is 0 Å². The second-order valence-electron chi connectivity index (χ2n) is 4.98. The lowest BCUT2D eigenvalue weighted by Crippen LogP contribution is -2.28. The molecule has 0 bridgehead atoms. The Bertz CT molecular complexity index is 309. The van der Waals surface area contributed by atoms with E-state index in [0.29, 0.717) is 6.04 Å². The van der Waals surface area contributed by atoms with Gasteiger partial charge in [0.1, 0.15) is 0 Å². The highest BCUT2D eigenvalue weighted by atomic mass is 32.2. The fourth-order valence-electron chi connectivity index (χ4n) is 1.70. The van der Waals surface area contributed by atoms with Gasteiger partial charge in [-0.2, -0.15) is 16.9 Å². The molecule has 1 unspecified atom stereocenters. The zero-order valence-electron chi connectivity index (χ0n) is 11.4. The lowest BCUT2D eigenvalue weighted by molar-refractivity contribution is 0.572. The van der Waals surface area contributed by atoms with E-state index >= 15 is 0 Å². The summed E-state index contributed by atoms with van der Waals surface area (Å²) in [5.41, 5.74) is 1.33. The molecule has 0 saturated heterocycles. The van der Waals surface area contributed by atoms with E-state index in [-0.39, 0.29) is 0 Å². The van der Waals surface area contributed by atoms with Gasteiger partial charge in [0.15, 0.2) is 0 Å². The predicted molar refractivity (Wildman–Crippen MR) is 76.5 cm³/mol. The number of aryl methyl sites for hydroxylation is 2. The Hall–Kier alpha value is -0.480. The van der Waals surface area contributed by atoms with Crippen molar-refractivity contribution < 1.29 is 0 Å². The molecular weight excluding hydrogens is 230 g/mol. The third-order valence-electron chi connectivity index (χ3n) is 2.72. The molecular formula is C13H25N3S. The zero-order chi connectivity index (χ0) is 12.7. The maximum Gasteiger partial charge on any atom is 0.0521 e. The first kappa shape index (κ1) is 14.6. The number of hydrogen-bond donors (Lipinski definition) is 1. The predicted octanol–water partition coefficient (Wildman–Crippen LogP) is 2.33. The van der Waals surface area contributed by atoms with E-state index in [1.807, 2.05) is 17.9 Å². The molecule has 0 fully saturated rings. The van der Waals surface area contributed by atoms with E-state index in [4.69, 9.17) is 0 Å². The quantitative estimate of drug-likeness (QED) is 0.773. The van der Waals surface area contributed by atoms with Crippen LogP contribution in [0, 0.1) is 5.92 Å². The summed E-state index contributed by atoms with van der Waals surface area (Å²) in [5, 5.41) is 7.60. The first-order valence-electron chi connectivity index (χ1n) is 6.34. The summed E-state index contributed by atoms with van der Waals surface area (Å²) in [5.74, 6) is 3.25. The van der Waals surface area contributed by atoms with E-state index in [1.54, 1.807) is 0 Å². The summed E-state index contributed by atoms with van der Waals surface area (Å²) < 4.78 is 1.87. The van der Waals surface area contributed by atoms with E-state index < -0.39 is 0 Å². The zero-order valence-corrected chi connectivity index (χ0v) is 12.3. The van der Waals surface area contributed by atoms with Crippen molar-refractivity contribution in [1.29, 1.82) is 0 Å². The summed E-state index contributed by atoms with van der Waals surface area (Å²) in [6.45, 7) is 4.55. The van der Waals surface area contributed by atoms with Crippen LogP contribution in [0.25, 0.3) is 0 Å². The van der Waals surface area contributed by atoms with Crippen LogP contribution in [-0.4, -0.2) is 34.4 Å². The summed E-state index contributed by atoms with van der Waals surface area (Å²) in [4.78, 5) is 0. The average molecular weight is 255 g/mol. The van der Waals surface area contributed by atoms with Crippen molar-refractivity contribution in [1.82, 2.24) is 15.1 Å². The molecule has 1 aromatic heterocycles. The van der Waals surface area contributed by atoms with Gasteiger partial charge < -0.3 is 5.32 Å². The lowest BCUT2D eigenvalue weighted by Gasteiger charge is -2.15. The Kier molecular flexibility index (Phi) is 6.66. The molecule has 0 radical (unpaired) electrons. The SMILES string of the molecule is CNC(CCc1cnn(C)c1)CSCC(C)C. The van der Waals surface area contributed by atoms with E-state index in [0.717, 1.165) is 12.3 Å². The van der Waals surface area contributed by atoms with Crippen molar-refractivity contribution in [3.63, 3.8) is 0 Å². The molecule has 0 aliphatic rings. The van der Waals surface area contributed by atoms with Gasteiger partial charge >= 0.3 is 0 Å². The lowest BCUT2D eigenvalue weighted by atomic mass is 10.1. The molecule has 1 N–H and O–H groups in total. The molecule has 0 aliphatic carbocycles. The molecule has 0 amide bonds. The first-order valence-corrected chi connectivity index (χ1v) is 7.49. The topological polar surface area (TPSA) is 29.9 Å². The van der Waals surface area contributed by atoms with Gasteiger partial charge in [-0.05, 0) is 37.1 Å². The normalized spacial score (nSPS) is 13.2. The summed E-state index contributed by atoms with van der Waals surface area (Å²) in [6, 6.07) is 0.610. The smallest absolute Gasteiger partial charge is 0.0521 e. The Labute approximate surface area is 109 Å². The van der Waals surface area contributed by atoms with Gasteiger partial charge in [0, 0.05) is 25.0 Å². The van der Waals surface area contributed by atoms with E-state index in [2.05, 4.69) is 49.3 Å². The number of hydrogen-bond acceptors (Lipinski definition) is 3. The largest absolute Gasteiger partial charge is 0.316 e. The standard InChI is InChI=1S/C13H25N3S/c1-11(2)9-17-10-13(14-3)6-5-12-7-15-16(4)8-12/h7-8,11,13-14H,5-6,9-10H2,1-4H3. The van der Waals surface area contributed by atoms with Crippen molar-refractivity contribution in [2.24, 2.45) is 13.0 Å². The van der Waals surface area contributed by atoms with Gasteiger partial charge in [0.25, 0.3) is 0 Å². The van der Waals surface area contributed by atoms with Gasteiger partial charge in [0.2, 0.25) is 0 Å². The van der Waals surface area contributed by atoms with Crippen LogP contribution in [0.15, 0.2) is 12.4 Å². The second-order valence-corrected chi connectivity index (χ2v) is 6.05. The van der Waals surface area contributed by atoms with Crippen molar-refractivity contribution in [3.8, 4) is 0 Å². The number of nitrogens with one attached hydrogen (secondary N) is 1. The van der Waals surface area contributed by atoms with Crippen LogP contribution in [0.2, 0.25) is 0 Å². The minimum Gasteiger partial charge on any atom is -0.316 e. The molecule has 1 aromatic rings. The maximum atomic E-state index is 4.20. The minimum absolute atomic E-state index is 0.610. The average Bonchev–Trinajstić information content (AvgIpc) is 2.69. The number of rotatable bonds is 8.